The van der Waals surface area contributed by atoms with Crippen LogP contribution in [0.2, 0.25) is 10.0 Å². The van der Waals surface area contributed by atoms with Gasteiger partial charge in [0.15, 0.2) is 5.16 Å². The van der Waals surface area contributed by atoms with E-state index in [0.29, 0.717) is 15.7 Å². The zero-order valence-electron chi connectivity index (χ0n) is 10.5. The minimum absolute atomic E-state index is 0.00305. The summed E-state index contributed by atoms with van der Waals surface area (Å²) in [5, 5.41) is 3.78. The van der Waals surface area contributed by atoms with Crippen molar-refractivity contribution in [2.24, 2.45) is 0 Å². The van der Waals surface area contributed by atoms with Crippen LogP contribution in [-0.4, -0.2) is 26.6 Å². The van der Waals surface area contributed by atoms with Gasteiger partial charge in [-0.3, -0.25) is 4.79 Å². The summed E-state index contributed by atoms with van der Waals surface area (Å²) in [6, 6.07) is 4.79. The van der Waals surface area contributed by atoms with Crippen LogP contribution in [0.25, 0.3) is 0 Å². The number of rotatable bonds is 4. The molecule has 10 heteroatoms. The molecule has 5 N–H and O–H groups in total. The molecule has 110 valence electrons. The zero-order chi connectivity index (χ0) is 15.4. The maximum absolute atomic E-state index is 11.9. The maximum Gasteiger partial charge on any atom is 0.234 e. The molecule has 7 nitrogen and oxygen atoms in total. The monoisotopic (exact) mass is 344 g/mol. The summed E-state index contributed by atoms with van der Waals surface area (Å²) >= 11 is 12.9. The van der Waals surface area contributed by atoms with Crippen LogP contribution in [0.15, 0.2) is 23.4 Å². The van der Waals surface area contributed by atoms with E-state index in [-0.39, 0.29) is 28.7 Å². The van der Waals surface area contributed by atoms with Crippen molar-refractivity contribution in [2.75, 3.05) is 22.5 Å². The quantitative estimate of drug-likeness (QED) is 0.726. The van der Waals surface area contributed by atoms with Crippen LogP contribution in [0.3, 0.4) is 0 Å². The third kappa shape index (κ3) is 4.62. The summed E-state index contributed by atoms with van der Waals surface area (Å²) in [6.07, 6.45) is 0. The molecule has 1 amide bonds. The average Bonchev–Trinajstić information content (AvgIpc) is 2.40. The molecule has 0 saturated carbocycles. The van der Waals surface area contributed by atoms with Crippen molar-refractivity contribution in [1.82, 2.24) is 15.0 Å². The fourth-order valence-corrected chi connectivity index (χ4v) is 2.35. The summed E-state index contributed by atoms with van der Waals surface area (Å²) in [5.41, 5.74) is 11.3. The number of anilines is 3. The number of nitrogen functional groups attached to an aromatic ring is 2. The van der Waals surface area contributed by atoms with E-state index in [4.69, 9.17) is 34.7 Å². The number of thioether (sulfide) groups is 1. The molecule has 0 aliphatic heterocycles. The molecular formula is C11H10Cl2N6OS. The first-order chi connectivity index (χ1) is 9.94. The van der Waals surface area contributed by atoms with Crippen LogP contribution >= 0.6 is 35.0 Å². The number of nitrogens with one attached hydrogen (secondary N) is 1. The number of hydrogen-bond donors (Lipinski definition) is 3. The number of benzene rings is 1. The standard InChI is InChI=1S/C11H10Cl2N6OS/c12-5-1-2-6(13)7(3-5)16-8(20)4-21-11-18-9(14)17-10(15)19-11/h1-3H,4H2,(H,16,20)(H4,14,15,17,18,19). The molecule has 0 fully saturated rings. The summed E-state index contributed by atoms with van der Waals surface area (Å²) in [4.78, 5) is 23.2. The molecule has 1 aromatic heterocycles. The van der Waals surface area contributed by atoms with Crippen LogP contribution in [0, 0.1) is 0 Å². The van der Waals surface area contributed by atoms with Crippen molar-refractivity contribution in [3.63, 3.8) is 0 Å². The highest BCUT2D eigenvalue weighted by atomic mass is 35.5. The van der Waals surface area contributed by atoms with Gasteiger partial charge in [-0.15, -0.1) is 0 Å². The van der Waals surface area contributed by atoms with Gasteiger partial charge < -0.3 is 16.8 Å². The van der Waals surface area contributed by atoms with E-state index in [1.807, 2.05) is 0 Å². The van der Waals surface area contributed by atoms with Crippen LogP contribution in [0.5, 0.6) is 0 Å². The van der Waals surface area contributed by atoms with E-state index in [2.05, 4.69) is 20.3 Å². The smallest absolute Gasteiger partial charge is 0.234 e. The number of hydrogen-bond acceptors (Lipinski definition) is 7. The Morgan fingerprint density at radius 1 is 1.19 bits per heavy atom. The fourth-order valence-electron chi connectivity index (χ4n) is 1.36. The van der Waals surface area contributed by atoms with Gasteiger partial charge in [0.05, 0.1) is 16.5 Å². The van der Waals surface area contributed by atoms with Gasteiger partial charge in [0.25, 0.3) is 0 Å². The summed E-state index contributed by atoms with van der Waals surface area (Å²) in [7, 11) is 0. The molecule has 0 saturated heterocycles. The molecule has 2 rings (SSSR count). The summed E-state index contributed by atoms with van der Waals surface area (Å²) in [6.45, 7) is 0. The zero-order valence-corrected chi connectivity index (χ0v) is 12.8. The Morgan fingerprint density at radius 3 is 2.52 bits per heavy atom. The minimum atomic E-state index is -0.290. The van der Waals surface area contributed by atoms with E-state index in [9.17, 15) is 4.79 Å². The second-order valence-corrected chi connectivity index (χ2v) is 5.58. The van der Waals surface area contributed by atoms with Gasteiger partial charge in [0.1, 0.15) is 0 Å². The largest absolute Gasteiger partial charge is 0.368 e. The normalized spacial score (nSPS) is 10.4. The van der Waals surface area contributed by atoms with E-state index in [1.54, 1.807) is 18.2 Å². The van der Waals surface area contributed by atoms with Gasteiger partial charge in [-0.25, -0.2) is 0 Å². The van der Waals surface area contributed by atoms with Crippen LogP contribution < -0.4 is 16.8 Å². The Balaban J connectivity index is 1.97. The molecular weight excluding hydrogens is 335 g/mol. The Hall–Kier alpha value is -1.77. The highest BCUT2D eigenvalue weighted by molar-refractivity contribution is 7.99. The third-order valence-corrected chi connectivity index (χ3v) is 3.60. The van der Waals surface area contributed by atoms with E-state index in [1.165, 1.54) is 0 Å². The lowest BCUT2D eigenvalue weighted by atomic mass is 10.3. The molecule has 1 aromatic carbocycles. The number of carbonyl (C=O) groups is 1. The molecule has 0 unspecified atom stereocenters. The third-order valence-electron chi connectivity index (χ3n) is 2.18. The van der Waals surface area contributed by atoms with Gasteiger partial charge in [0, 0.05) is 5.02 Å². The lowest BCUT2D eigenvalue weighted by Crippen LogP contribution is -2.15. The molecule has 0 spiro atoms. The molecule has 21 heavy (non-hydrogen) atoms. The number of aromatic nitrogens is 3. The van der Waals surface area contributed by atoms with Crippen molar-refractivity contribution in [3.05, 3.63) is 28.2 Å². The summed E-state index contributed by atoms with van der Waals surface area (Å²) < 4.78 is 0. The van der Waals surface area contributed by atoms with Gasteiger partial charge in [0.2, 0.25) is 17.8 Å². The SMILES string of the molecule is Nc1nc(N)nc(SCC(=O)Nc2cc(Cl)ccc2Cl)n1. The lowest BCUT2D eigenvalue weighted by Gasteiger charge is -2.07. The predicted octanol–water partition coefficient (Wildman–Crippen LogP) is 2.07. The highest BCUT2D eigenvalue weighted by Gasteiger charge is 2.09. The molecule has 2 aromatic rings. The molecule has 0 bridgehead atoms. The van der Waals surface area contributed by atoms with Crippen molar-refractivity contribution in [1.29, 1.82) is 0 Å². The Bertz CT molecular complexity index is 664. The van der Waals surface area contributed by atoms with Gasteiger partial charge in [-0.1, -0.05) is 35.0 Å². The molecule has 0 radical (unpaired) electrons. The maximum atomic E-state index is 11.9. The second-order valence-electron chi connectivity index (χ2n) is 3.80. The van der Waals surface area contributed by atoms with Gasteiger partial charge in [-0.2, -0.15) is 15.0 Å². The van der Waals surface area contributed by atoms with Crippen molar-refractivity contribution >= 4 is 58.5 Å². The fraction of sp³-hybridized carbons (Fsp3) is 0.0909. The Morgan fingerprint density at radius 2 is 1.86 bits per heavy atom. The van der Waals surface area contributed by atoms with Gasteiger partial charge in [-0.05, 0) is 18.2 Å². The van der Waals surface area contributed by atoms with Crippen molar-refractivity contribution in [3.8, 4) is 0 Å². The summed E-state index contributed by atoms with van der Waals surface area (Å²) in [5.74, 6) is -0.223. The highest BCUT2D eigenvalue weighted by Crippen LogP contribution is 2.25. The molecule has 0 atom stereocenters. The van der Waals surface area contributed by atoms with Crippen LogP contribution in [0.4, 0.5) is 17.6 Å². The Labute approximate surface area is 134 Å². The minimum Gasteiger partial charge on any atom is -0.368 e. The average molecular weight is 345 g/mol. The number of carbonyl (C=O) groups excluding carboxylic acids is 1. The first-order valence-electron chi connectivity index (χ1n) is 5.59. The topological polar surface area (TPSA) is 120 Å². The molecule has 0 aliphatic rings. The Kier molecular flexibility index (Phi) is 5.05. The number of halogens is 2. The number of amides is 1. The van der Waals surface area contributed by atoms with E-state index >= 15 is 0 Å². The number of nitrogens with zero attached hydrogens (tertiary/aromatic N) is 3. The first-order valence-corrected chi connectivity index (χ1v) is 7.33. The van der Waals surface area contributed by atoms with Gasteiger partial charge >= 0.3 is 0 Å². The predicted molar refractivity (Wildman–Crippen MR) is 84.5 cm³/mol. The van der Waals surface area contributed by atoms with Crippen molar-refractivity contribution in [2.45, 2.75) is 5.16 Å². The van der Waals surface area contributed by atoms with Crippen LogP contribution in [0.1, 0.15) is 0 Å². The number of nitrogens with two attached hydrogens (primary N) is 2. The first kappa shape index (κ1) is 15.6. The second kappa shape index (κ2) is 6.79. The van der Waals surface area contributed by atoms with Crippen LogP contribution in [-0.2, 0) is 4.79 Å². The van der Waals surface area contributed by atoms with Crippen molar-refractivity contribution < 1.29 is 4.79 Å². The lowest BCUT2D eigenvalue weighted by molar-refractivity contribution is -0.113. The molecule has 1 heterocycles. The molecule has 0 aliphatic carbocycles. The van der Waals surface area contributed by atoms with E-state index < -0.39 is 0 Å². The van der Waals surface area contributed by atoms with E-state index in [0.717, 1.165) is 11.8 Å².